The van der Waals surface area contributed by atoms with Crippen molar-refractivity contribution in [2.24, 2.45) is 18.7 Å². The summed E-state index contributed by atoms with van der Waals surface area (Å²) in [5.41, 5.74) is 10.5. The second-order valence-electron chi connectivity index (χ2n) is 6.25. The molecule has 20 heavy (non-hydrogen) atoms. The van der Waals surface area contributed by atoms with Crippen molar-refractivity contribution in [2.45, 2.75) is 44.9 Å². The maximum absolute atomic E-state index is 6.15. The summed E-state index contributed by atoms with van der Waals surface area (Å²) in [6, 6.07) is 6.73. The minimum atomic E-state index is 0.535. The van der Waals surface area contributed by atoms with Crippen LogP contribution < -0.4 is 5.73 Å². The average Bonchev–Trinajstić information content (AvgIpc) is 3.09. The summed E-state index contributed by atoms with van der Waals surface area (Å²) >= 11 is 0. The average molecular weight is 270 g/mol. The first-order chi connectivity index (χ1) is 9.76. The molecule has 2 heteroatoms. The second-order valence-corrected chi connectivity index (χ2v) is 6.25. The van der Waals surface area contributed by atoms with Crippen LogP contribution in [0.5, 0.6) is 0 Å². The van der Waals surface area contributed by atoms with Crippen LogP contribution in [0.1, 0.15) is 49.7 Å². The predicted octanol–water partition coefficient (Wildman–Crippen LogP) is 3.97. The zero-order valence-corrected chi connectivity index (χ0v) is 12.7. The van der Waals surface area contributed by atoms with Gasteiger partial charge in [0, 0.05) is 24.5 Å². The Balaban J connectivity index is 2.11. The molecule has 2 nitrogen and oxygen atoms in total. The molecule has 1 aromatic heterocycles. The van der Waals surface area contributed by atoms with Gasteiger partial charge in [-0.3, -0.25) is 0 Å². The molecule has 1 fully saturated rings. The molecule has 0 saturated heterocycles. The van der Waals surface area contributed by atoms with Gasteiger partial charge >= 0.3 is 0 Å². The van der Waals surface area contributed by atoms with E-state index in [0.29, 0.717) is 5.92 Å². The molecule has 0 spiro atoms. The maximum Gasteiger partial charge on any atom is 0.0513 e. The zero-order chi connectivity index (χ0) is 14.1. The normalized spacial score (nSPS) is 17.9. The number of aryl methyl sites for hydroxylation is 2. The van der Waals surface area contributed by atoms with Gasteiger partial charge in [0.15, 0.2) is 0 Å². The fraction of sp³-hybridized carbons (Fsp3) is 0.556. The van der Waals surface area contributed by atoms with Crippen LogP contribution in [0.3, 0.4) is 0 Å². The lowest BCUT2D eigenvalue weighted by atomic mass is 9.84. The number of hydrogen-bond donors (Lipinski definition) is 1. The van der Waals surface area contributed by atoms with Gasteiger partial charge in [-0.1, -0.05) is 38.0 Å². The van der Waals surface area contributed by atoms with Gasteiger partial charge < -0.3 is 10.3 Å². The minimum Gasteiger partial charge on any atom is -0.350 e. The number of benzene rings is 1. The van der Waals surface area contributed by atoms with Gasteiger partial charge in [0.25, 0.3) is 0 Å². The summed E-state index contributed by atoms with van der Waals surface area (Å²) in [5.74, 6) is 1.32. The molecule has 0 bridgehead atoms. The van der Waals surface area contributed by atoms with E-state index in [4.69, 9.17) is 5.73 Å². The molecule has 1 aliphatic carbocycles. The number of nitrogens with zero attached hydrogens (tertiary/aromatic N) is 1. The van der Waals surface area contributed by atoms with E-state index in [1.165, 1.54) is 47.7 Å². The molecule has 1 aliphatic rings. The van der Waals surface area contributed by atoms with Crippen molar-refractivity contribution >= 4 is 10.9 Å². The molecule has 2 N–H and O–H groups in total. The molecular formula is C18H26N2. The van der Waals surface area contributed by atoms with E-state index in [-0.39, 0.29) is 0 Å². The van der Waals surface area contributed by atoms with Crippen molar-refractivity contribution in [3.8, 4) is 0 Å². The van der Waals surface area contributed by atoms with Crippen LogP contribution >= 0.6 is 0 Å². The van der Waals surface area contributed by atoms with Gasteiger partial charge in [-0.2, -0.15) is 0 Å². The molecule has 0 aliphatic heterocycles. The van der Waals surface area contributed by atoms with E-state index in [2.05, 4.69) is 42.9 Å². The number of fused-ring (bicyclic) bond motifs is 1. The highest BCUT2D eigenvalue weighted by atomic mass is 14.9. The Morgan fingerprint density at radius 2 is 2.05 bits per heavy atom. The molecule has 1 atom stereocenters. The zero-order valence-electron chi connectivity index (χ0n) is 12.7. The standard InChI is InChI=1S/C18H26N2/c1-3-13-9-6-10-15-17(12-20(2)18(13)15)16(11-19)14-7-4-5-8-14/h6,9-10,12,14,16H,3-5,7-8,11,19H2,1-2H3. The highest BCUT2D eigenvalue weighted by Crippen LogP contribution is 2.40. The first kappa shape index (κ1) is 13.7. The van der Waals surface area contributed by atoms with Crippen LogP contribution in [0.25, 0.3) is 10.9 Å². The highest BCUT2D eigenvalue weighted by molar-refractivity contribution is 5.87. The number of nitrogens with two attached hydrogens (primary N) is 1. The van der Waals surface area contributed by atoms with Crippen molar-refractivity contribution in [3.63, 3.8) is 0 Å². The van der Waals surface area contributed by atoms with Gasteiger partial charge in [0.1, 0.15) is 0 Å². The lowest BCUT2D eigenvalue weighted by Crippen LogP contribution is -2.19. The Morgan fingerprint density at radius 1 is 1.30 bits per heavy atom. The van der Waals surface area contributed by atoms with E-state index >= 15 is 0 Å². The van der Waals surface area contributed by atoms with Crippen LogP contribution in [-0.2, 0) is 13.5 Å². The molecule has 3 rings (SSSR count). The summed E-state index contributed by atoms with van der Waals surface area (Å²) in [6.45, 7) is 3.01. The van der Waals surface area contributed by atoms with Crippen LogP contribution in [0, 0.1) is 5.92 Å². The summed E-state index contributed by atoms with van der Waals surface area (Å²) in [4.78, 5) is 0. The quantitative estimate of drug-likeness (QED) is 0.895. The Bertz CT molecular complexity index is 591. The van der Waals surface area contributed by atoms with Crippen molar-refractivity contribution in [2.75, 3.05) is 6.54 Å². The molecule has 108 valence electrons. The van der Waals surface area contributed by atoms with Gasteiger partial charge in [-0.25, -0.2) is 0 Å². The monoisotopic (exact) mass is 270 g/mol. The molecule has 1 heterocycles. The summed E-state index contributed by atoms with van der Waals surface area (Å²) in [5, 5.41) is 1.43. The van der Waals surface area contributed by atoms with Crippen molar-refractivity contribution in [3.05, 3.63) is 35.5 Å². The SMILES string of the molecule is CCc1cccc2c(C(CN)C3CCCC3)cn(C)c12. The molecular weight excluding hydrogens is 244 g/mol. The largest absolute Gasteiger partial charge is 0.350 e. The fourth-order valence-corrected chi connectivity index (χ4v) is 4.10. The van der Waals surface area contributed by atoms with Crippen LogP contribution in [0.2, 0.25) is 0 Å². The van der Waals surface area contributed by atoms with Crippen molar-refractivity contribution in [1.82, 2.24) is 4.57 Å². The van der Waals surface area contributed by atoms with E-state index < -0.39 is 0 Å². The van der Waals surface area contributed by atoms with Gasteiger partial charge in [0.05, 0.1) is 5.52 Å². The topological polar surface area (TPSA) is 30.9 Å². The lowest BCUT2D eigenvalue weighted by molar-refractivity contribution is 0.442. The number of hydrogen-bond acceptors (Lipinski definition) is 1. The summed E-state index contributed by atoms with van der Waals surface area (Å²) in [6.07, 6.45) is 8.89. The number of para-hydroxylation sites is 1. The Kier molecular flexibility index (Phi) is 3.84. The predicted molar refractivity (Wildman–Crippen MR) is 86.1 cm³/mol. The highest BCUT2D eigenvalue weighted by Gasteiger charge is 2.27. The van der Waals surface area contributed by atoms with Gasteiger partial charge in [-0.15, -0.1) is 0 Å². The van der Waals surface area contributed by atoms with Crippen LogP contribution in [0.4, 0.5) is 0 Å². The summed E-state index contributed by atoms with van der Waals surface area (Å²) < 4.78 is 2.31. The molecule has 0 amide bonds. The fourth-order valence-electron chi connectivity index (χ4n) is 4.10. The minimum absolute atomic E-state index is 0.535. The van der Waals surface area contributed by atoms with E-state index in [9.17, 15) is 0 Å². The molecule has 2 aromatic rings. The first-order valence-corrected chi connectivity index (χ1v) is 8.03. The third-order valence-electron chi connectivity index (χ3n) is 5.12. The Labute approximate surface area is 122 Å². The van der Waals surface area contributed by atoms with Crippen molar-refractivity contribution < 1.29 is 0 Å². The number of rotatable bonds is 4. The van der Waals surface area contributed by atoms with Gasteiger partial charge in [-0.05, 0) is 42.9 Å². The smallest absolute Gasteiger partial charge is 0.0513 e. The Hall–Kier alpha value is -1.28. The van der Waals surface area contributed by atoms with Crippen LogP contribution in [0.15, 0.2) is 24.4 Å². The van der Waals surface area contributed by atoms with E-state index in [1.54, 1.807) is 0 Å². The number of aromatic nitrogens is 1. The maximum atomic E-state index is 6.15. The molecule has 1 aromatic carbocycles. The molecule has 1 unspecified atom stereocenters. The van der Waals surface area contributed by atoms with Gasteiger partial charge in [0.2, 0.25) is 0 Å². The summed E-state index contributed by atoms with van der Waals surface area (Å²) in [7, 11) is 2.17. The first-order valence-electron chi connectivity index (χ1n) is 8.03. The second kappa shape index (κ2) is 5.61. The molecule has 1 saturated carbocycles. The van der Waals surface area contributed by atoms with Crippen LogP contribution in [-0.4, -0.2) is 11.1 Å². The van der Waals surface area contributed by atoms with E-state index in [0.717, 1.165) is 18.9 Å². The third-order valence-corrected chi connectivity index (χ3v) is 5.12. The van der Waals surface area contributed by atoms with Crippen molar-refractivity contribution in [1.29, 1.82) is 0 Å². The molecule has 0 radical (unpaired) electrons. The lowest BCUT2D eigenvalue weighted by Gasteiger charge is -2.21. The third kappa shape index (κ3) is 2.16. The Morgan fingerprint density at radius 3 is 2.70 bits per heavy atom. The van der Waals surface area contributed by atoms with E-state index in [1.807, 2.05) is 0 Å².